The number of aliphatic imine (C=N–C) groups is 1. The number of hydrogen-bond acceptors (Lipinski definition) is 5. The van der Waals surface area contributed by atoms with Gasteiger partial charge in [-0.2, -0.15) is 0 Å². The Labute approximate surface area is 189 Å². The Balaban J connectivity index is 1.62. The van der Waals surface area contributed by atoms with Crippen LogP contribution in [0, 0.1) is 0 Å². The van der Waals surface area contributed by atoms with Crippen molar-refractivity contribution in [3.63, 3.8) is 0 Å². The Bertz CT molecular complexity index is 1200. The molecule has 7 heteroatoms. The van der Waals surface area contributed by atoms with Gasteiger partial charge in [-0.25, -0.2) is 14.6 Å². The normalized spacial score (nSPS) is 14.4. The van der Waals surface area contributed by atoms with Crippen LogP contribution in [-0.4, -0.2) is 17.8 Å². The van der Waals surface area contributed by atoms with Gasteiger partial charge in [-0.15, -0.1) is 0 Å². The van der Waals surface area contributed by atoms with E-state index in [1.165, 1.54) is 6.08 Å². The molecule has 0 saturated heterocycles. The van der Waals surface area contributed by atoms with Gasteiger partial charge >= 0.3 is 11.9 Å². The quantitative estimate of drug-likeness (QED) is 0.246. The number of ether oxygens (including phenoxy) is 2. The zero-order valence-electron chi connectivity index (χ0n) is 15.3. The van der Waals surface area contributed by atoms with Crippen molar-refractivity contribution >= 4 is 55.8 Å². The van der Waals surface area contributed by atoms with E-state index in [-0.39, 0.29) is 11.6 Å². The van der Waals surface area contributed by atoms with Crippen LogP contribution in [0.4, 0.5) is 0 Å². The van der Waals surface area contributed by atoms with Gasteiger partial charge in [0.2, 0.25) is 5.90 Å². The number of rotatable bonds is 4. The highest BCUT2D eigenvalue weighted by Gasteiger charge is 2.25. The smallest absolute Gasteiger partial charge is 0.363 e. The van der Waals surface area contributed by atoms with Gasteiger partial charge < -0.3 is 9.47 Å². The lowest BCUT2D eigenvalue weighted by Gasteiger charge is -2.07. The molecule has 5 nitrogen and oxygen atoms in total. The standard InChI is InChI=1S/C23H13Br2NO4/c24-17-10-8-14(9-11-17)22(27)29-20-7-2-1-4-15(20)13-19-23(28)30-21(26-19)16-5-3-6-18(25)12-16/h1-13H/b19-13-. The second-order valence-corrected chi connectivity index (χ2v) is 8.11. The van der Waals surface area contributed by atoms with Crippen LogP contribution in [0.25, 0.3) is 6.08 Å². The predicted octanol–water partition coefficient (Wildman–Crippen LogP) is 5.78. The van der Waals surface area contributed by atoms with Crippen molar-refractivity contribution in [2.45, 2.75) is 0 Å². The molecule has 0 spiro atoms. The average Bonchev–Trinajstić information content (AvgIpc) is 3.10. The number of hydrogen-bond donors (Lipinski definition) is 0. The van der Waals surface area contributed by atoms with Gasteiger partial charge in [0, 0.05) is 20.1 Å². The highest BCUT2D eigenvalue weighted by molar-refractivity contribution is 9.10. The maximum absolute atomic E-state index is 12.5. The van der Waals surface area contributed by atoms with E-state index in [1.807, 2.05) is 18.2 Å². The zero-order valence-corrected chi connectivity index (χ0v) is 18.5. The lowest BCUT2D eigenvalue weighted by Crippen LogP contribution is -2.09. The predicted molar refractivity (Wildman–Crippen MR) is 120 cm³/mol. The summed E-state index contributed by atoms with van der Waals surface area (Å²) < 4.78 is 12.5. The van der Waals surface area contributed by atoms with Crippen molar-refractivity contribution in [2.75, 3.05) is 0 Å². The molecule has 3 aromatic carbocycles. The lowest BCUT2D eigenvalue weighted by molar-refractivity contribution is -0.129. The van der Waals surface area contributed by atoms with Gasteiger partial charge in [-0.1, -0.05) is 56.1 Å². The molecule has 3 aromatic rings. The Morgan fingerprint density at radius 3 is 2.47 bits per heavy atom. The first-order chi connectivity index (χ1) is 14.5. The van der Waals surface area contributed by atoms with E-state index in [0.717, 1.165) is 8.95 Å². The molecule has 1 aliphatic rings. The highest BCUT2D eigenvalue weighted by atomic mass is 79.9. The van der Waals surface area contributed by atoms with Crippen LogP contribution in [0.1, 0.15) is 21.5 Å². The molecule has 0 aliphatic carbocycles. The van der Waals surface area contributed by atoms with E-state index in [2.05, 4.69) is 36.9 Å². The molecule has 1 heterocycles. The SMILES string of the molecule is O=C1OC(c2cccc(Br)c2)=N/C1=C\c1ccccc1OC(=O)c1ccc(Br)cc1. The van der Waals surface area contributed by atoms with Crippen LogP contribution in [0.3, 0.4) is 0 Å². The molecule has 0 atom stereocenters. The number of esters is 2. The van der Waals surface area contributed by atoms with Gasteiger partial charge in [0.15, 0.2) is 5.70 Å². The summed E-state index contributed by atoms with van der Waals surface area (Å²) in [5.74, 6) is -0.534. The first-order valence-electron chi connectivity index (χ1n) is 8.85. The fourth-order valence-electron chi connectivity index (χ4n) is 2.74. The first-order valence-corrected chi connectivity index (χ1v) is 10.4. The lowest BCUT2D eigenvalue weighted by atomic mass is 10.1. The third kappa shape index (κ3) is 4.58. The third-order valence-corrected chi connectivity index (χ3v) is 5.21. The van der Waals surface area contributed by atoms with Crippen LogP contribution in [0.2, 0.25) is 0 Å². The Morgan fingerprint density at radius 2 is 1.70 bits per heavy atom. The molecular weight excluding hydrogens is 514 g/mol. The molecule has 1 aliphatic heterocycles. The van der Waals surface area contributed by atoms with Crippen molar-refractivity contribution in [1.82, 2.24) is 0 Å². The monoisotopic (exact) mass is 525 g/mol. The maximum atomic E-state index is 12.5. The van der Waals surface area contributed by atoms with Crippen LogP contribution in [0.5, 0.6) is 5.75 Å². The van der Waals surface area contributed by atoms with Gasteiger partial charge in [-0.05, 0) is 54.6 Å². The maximum Gasteiger partial charge on any atom is 0.363 e. The third-order valence-electron chi connectivity index (χ3n) is 4.19. The largest absolute Gasteiger partial charge is 0.422 e. The minimum absolute atomic E-state index is 0.122. The fraction of sp³-hybridized carbons (Fsp3) is 0. The van der Waals surface area contributed by atoms with Crippen LogP contribution in [-0.2, 0) is 9.53 Å². The fourth-order valence-corrected chi connectivity index (χ4v) is 3.40. The number of nitrogens with zero attached hydrogens (tertiary/aromatic N) is 1. The number of cyclic esters (lactones) is 1. The van der Waals surface area contributed by atoms with Gasteiger partial charge in [0.25, 0.3) is 0 Å². The minimum Gasteiger partial charge on any atom is -0.422 e. The van der Waals surface area contributed by atoms with E-state index in [0.29, 0.717) is 22.4 Å². The molecule has 0 amide bonds. The van der Waals surface area contributed by atoms with Crippen molar-refractivity contribution < 1.29 is 19.1 Å². The summed E-state index contributed by atoms with van der Waals surface area (Å²) in [6.07, 6.45) is 1.54. The highest BCUT2D eigenvalue weighted by Crippen LogP contribution is 2.26. The first kappa shape index (κ1) is 20.3. The summed E-state index contributed by atoms with van der Waals surface area (Å²) in [5, 5.41) is 0. The number of halogens is 2. The van der Waals surface area contributed by atoms with Crippen LogP contribution >= 0.6 is 31.9 Å². The molecule has 0 fully saturated rings. The van der Waals surface area contributed by atoms with Crippen LogP contribution < -0.4 is 4.74 Å². The van der Waals surface area contributed by atoms with E-state index in [9.17, 15) is 9.59 Å². The number of para-hydroxylation sites is 1. The number of carbonyl (C=O) groups excluding carboxylic acids is 2. The summed E-state index contributed by atoms with van der Waals surface area (Å²) in [6, 6.07) is 21.1. The van der Waals surface area contributed by atoms with Crippen molar-refractivity contribution in [1.29, 1.82) is 0 Å². The summed E-state index contributed by atoms with van der Waals surface area (Å²) in [5.41, 5.74) is 1.75. The molecular formula is C23H13Br2NO4. The summed E-state index contributed by atoms with van der Waals surface area (Å²) >= 11 is 6.72. The Morgan fingerprint density at radius 1 is 0.933 bits per heavy atom. The molecule has 0 saturated carbocycles. The van der Waals surface area contributed by atoms with Gasteiger partial charge in [0.05, 0.1) is 5.56 Å². The van der Waals surface area contributed by atoms with Crippen LogP contribution in [0.15, 0.2) is 92.4 Å². The molecule has 0 N–H and O–H groups in total. The molecule has 0 aromatic heterocycles. The number of carbonyl (C=O) groups is 2. The molecule has 0 unspecified atom stereocenters. The summed E-state index contributed by atoms with van der Waals surface area (Å²) in [7, 11) is 0. The minimum atomic E-state index is -0.570. The van der Waals surface area contributed by atoms with Crippen molar-refractivity contribution in [3.05, 3.63) is 104 Å². The average molecular weight is 527 g/mol. The van der Waals surface area contributed by atoms with E-state index >= 15 is 0 Å². The molecule has 4 rings (SSSR count). The zero-order chi connectivity index (χ0) is 21.1. The van der Waals surface area contributed by atoms with E-state index < -0.39 is 11.9 Å². The van der Waals surface area contributed by atoms with Crippen molar-refractivity contribution in [2.24, 2.45) is 4.99 Å². The second-order valence-electron chi connectivity index (χ2n) is 6.28. The second kappa shape index (κ2) is 8.77. The van der Waals surface area contributed by atoms with E-state index in [1.54, 1.807) is 54.6 Å². The molecule has 0 radical (unpaired) electrons. The summed E-state index contributed by atoms with van der Waals surface area (Å²) in [4.78, 5) is 29.1. The van der Waals surface area contributed by atoms with E-state index in [4.69, 9.17) is 9.47 Å². The summed E-state index contributed by atoms with van der Waals surface area (Å²) in [6.45, 7) is 0. The number of benzene rings is 3. The van der Waals surface area contributed by atoms with Crippen molar-refractivity contribution in [3.8, 4) is 5.75 Å². The molecule has 0 bridgehead atoms. The van der Waals surface area contributed by atoms with Gasteiger partial charge in [-0.3, -0.25) is 0 Å². The Kier molecular flexibility index (Phi) is 5.92. The topological polar surface area (TPSA) is 65.0 Å². The Hall–Kier alpha value is -3.03. The van der Waals surface area contributed by atoms with Gasteiger partial charge in [0.1, 0.15) is 5.75 Å². The molecule has 148 valence electrons. The molecule has 30 heavy (non-hydrogen) atoms.